The number of rotatable bonds is 2. The van der Waals surface area contributed by atoms with Crippen molar-refractivity contribution in [2.24, 2.45) is 0 Å². The summed E-state index contributed by atoms with van der Waals surface area (Å²) in [6.07, 6.45) is 0. The molecule has 1 N–H and O–H groups in total. The Bertz CT molecular complexity index is 417. The molecule has 0 aliphatic carbocycles. The van der Waals surface area contributed by atoms with Gasteiger partial charge in [-0.05, 0) is 35.9 Å². The molecule has 0 aliphatic rings. The third-order valence-corrected chi connectivity index (χ3v) is 2.92. The van der Waals surface area contributed by atoms with Crippen molar-refractivity contribution in [1.29, 1.82) is 0 Å². The Balaban J connectivity index is 2.34. The van der Waals surface area contributed by atoms with E-state index in [-0.39, 0.29) is 5.75 Å². The fraction of sp³-hybridized carbons (Fsp3) is 0.0909. The zero-order valence-corrected chi connectivity index (χ0v) is 8.54. The van der Waals surface area contributed by atoms with Crippen LogP contribution in [0.2, 0.25) is 0 Å². The van der Waals surface area contributed by atoms with Crippen LogP contribution < -0.4 is 4.74 Å². The van der Waals surface area contributed by atoms with Gasteiger partial charge < -0.3 is 9.84 Å². The predicted molar refractivity (Wildman–Crippen MR) is 58.0 cm³/mol. The van der Waals surface area contributed by atoms with Gasteiger partial charge in [0.05, 0.1) is 7.11 Å². The Morgan fingerprint density at radius 2 is 1.93 bits per heavy atom. The van der Waals surface area contributed by atoms with Crippen molar-refractivity contribution in [1.82, 2.24) is 0 Å². The highest BCUT2D eigenvalue weighted by Gasteiger charge is 2.02. The second-order valence-corrected chi connectivity index (χ2v) is 3.81. The lowest BCUT2D eigenvalue weighted by atomic mass is 10.2. The zero-order valence-electron chi connectivity index (χ0n) is 7.73. The maximum absolute atomic E-state index is 9.13. The Labute approximate surface area is 86.4 Å². The first-order chi connectivity index (χ1) is 6.79. The first-order valence-corrected chi connectivity index (χ1v) is 5.09. The normalized spacial score (nSPS) is 10.1. The number of hydrogen-bond acceptors (Lipinski definition) is 3. The van der Waals surface area contributed by atoms with E-state index < -0.39 is 0 Å². The highest BCUT2D eigenvalue weighted by molar-refractivity contribution is 7.13. The van der Waals surface area contributed by atoms with E-state index in [0.29, 0.717) is 0 Å². The van der Waals surface area contributed by atoms with Gasteiger partial charge in [-0.1, -0.05) is 0 Å². The minimum absolute atomic E-state index is 0.289. The van der Waals surface area contributed by atoms with E-state index in [1.165, 1.54) is 0 Å². The molecule has 14 heavy (non-hydrogen) atoms. The molecule has 0 amide bonds. The fourth-order valence-electron chi connectivity index (χ4n) is 1.20. The van der Waals surface area contributed by atoms with E-state index in [1.807, 2.05) is 23.6 Å². The molecule has 0 fully saturated rings. The van der Waals surface area contributed by atoms with Crippen LogP contribution >= 0.6 is 11.3 Å². The molecule has 0 saturated heterocycles. The lowest BCUT2D eigenvalue weighted by Gasteiger charge is -1.96. The van der Waals surface area contributed by atoms with Crippen LogP contribution in [0.4, 0.5) is 0 Å². The third kappa shape index (κ3) is 1.72. The highest BCUT2D eigenvalue weighted by atomic mass is 32.1. The maximum Gasteiger partial charge on any atom is 0.130 e. The van der Waals surface area contributed by atoms with E-state index in [4.69, 9.17) is 9.84 Å². The molecule has 1 heterocycles. The van der Waals surface area contributed by atoms with E-state index in [9.17, 15) is 0 Å². The number of phenols is 1. The topological polar surface area (TPSA) is 29.5 Å². The SMILES string of the molecule is COc1csc(-c2ccc(O)cc2)c1. The molecule has 0 spiro atoms. The Morgan fingerprint density at radius 3 is 2.50 bits per heavy atom. The van der Waals surface area contributed by atoms with Gasteiger partial charge >= 0.3 is 0 Å². The van der Waals surface area contributed by atoms with Crippen molar-refractivity contribution in [3.05, 3.63) is 35.7 Å². The Kier molecular flexibility index (Phi) is 2.41. The fourth-order valence-corrected chi connectivity index (χ4v) is 2.07. The molecule has 0 atom stereocenters. The van der Waals surface area contributed by atoms with Gasteiger partial charge in [0.25, 0.3) is 0 Å². The minimum Gasteiger partial charge on any atom is -0.508 e. The molecule has 2 aromatic rings. The summed E-state index contributed by atoms with van der Waals surface area (Å²) in [6.45, 7) is 0. The second-order valence-electron chi connectivity index (χ2n) is 2.90. The van der Waals surface area contributed by atoms with Crippen LogP contribution in [0.25, 0.3) is 10.4 Å². The number of ether oxygens (including phenoxy) is 1. The number of methoxy groups -OCH3 is 1. The highest BCUT2D eigenvalue weighted by Crippen LogP contribution is 2.31. The molecule has 0 aliphatic heterocycles. The summed E-state index contributed by atoms with van der Waals surface area (Å²) < 4.78 is 5.10. The number of benzene rings is 1. The van der Waals surface area contributed by atoms with Crippen LogP contribution in [0, 0.1) is 0 Å². The molecular formula is C11H10O2S. The summed E-state index contributed by atoms with van der Waals surface area (Å²) in [7, 11) is 1.66. The number of hydrogen-bond donors (Lipinski definition) is 1. The van der Waals surface area contributed by atoms with E-state index in [1.54, 1.807) is 30.6 Å². The lowest BCUT2D eigenvalue weighted by molar-refractivity contribution is 0.417. The molecule has 0 unspecified atom stereocenters. The van der Waals surface area contributed by atoms with Crippen molar-refractivity contribution < 1.29 is 9.84 Å². The Hall–Kier alpha value is -1.48. The molecule has 1 aromatic heterocycles. The number of phenolic OH excluding ortho intramolecular Hbond substituents is 1. The maximum atomic E-state index is 9.13. The first-order valence-electron chi connectivity index (χ1n) is 4.21. The molecule has 0 radical (unpaired) electrons. The van der Waals surface area contributed by atoms with Gasteiger partial charge in [-0.15, -0.1) is 11.3 Å². The molecule has 3 heteroatoms. The van der Waals surface area contributed by atoms with Crippen molar-refractivity contribution in [3.8, 4) is 21.9 Å². The predicted octanol–water partition coefficient (Wildman–Crippen LogP) is 3.13. The summed E-state index contributed by atoms with van der Waals surface area (Å²) in [5.41, 5.74) is 1.09. The smallest absolute Gasteiger partial charge is 0.130 e. The minimum atomic E-state index is 0.289. The average molecular weight is 206 g/mol. The van der Waals surface area contributed by atoms with Gasteiger partial charge in [-0.25, -0.2) is 0 Å². The van der Waals surface area contributed by atoms with E-state index in [2.05, 4.69) is 0 Å². The van der Waals surface area contributed by atoms with Gasteiger partial charge in [0.15, 0.2) is 0 Å². The monoisotopic (exact) mass is 206 g/mol. The van der Waals surface area contributed by atoms with Gasteiger partial charge in [0.1, 0.15) is 11.5 Å². The van der Waals surface area contributed by atoms with Crippen molar-refractivity contribution in [2.45, 2.75) is 0 Å². The first kappa shape index (κ1) is 9.09. The summed E-state index contributed by atoms with van der Waals surface area (Å²) in [4.78, 5) is 1.14. The van der Waals surface area contributed by atoms with Crippen LogP contribution in [0.1, 0.15) is 0 Å². The summed E-state index contributed by atoms with van der Waals surface area (Å²) >= 11 is 1.63. The average Bonchev–Trinajstić information content (AvgIpc) is 2.67. The van der Waals surface area contributed by atoms with Crippen LogP contribution in [0.15, 0.2) is 35.7 Å². The number of thiophene rings is 1. The molecule has 2 rings (SSSR count). The lowest BCUT2D eigenvalue weighted by Crippen LogP contribution is -1.76. The number of aromatic hydroxyl groups is 1. The molecule has 0 bridgehead atoms. The quantitative estimate of drug-likeness (QED) is 0.818. The van der Waals surface area contributed by atoms with Gasteiger partial charge in [-0.3, -0.25) is 0 Å². The van der Waals surface area contributed by atoms with Gasteiger partial charge in [0, 0.05) is 10.3 Å². The summed E-state index contributed by atoms with van der Waals surface area (Å²) in [5, 5.41) is 11.1. The summed E-state index contributed by atoms with van der Waals surface area (Å²) in [5.74, 6) is 1.16. The third-order valence-electron chi connectivity index (χ3n) is 1.96. The van der Waals surface area contributed by atoms with Crippen molar-refractivity contribution in [3.63, 3.8) is 0 Å². The van der Waals surface area contributed by atoms with Crippen LogP contribution in [-0.4, -0.2) is 12.2 Å². The van der Waals surface area contributed by atoms with Crippen LogP contribution in [-0.2, 0) is 0 Å². The van der Waals surface area contributed by atoms with Crippen LogP contribution in [0.3, 0.4) is 0 Å². The molecule has 0 saturated carbocycles. The summed E-state index contributed by atoms with van der Waals surface area (Å²) in [6, 6.07) is 9.13. The van der Waals surface area contributed by atoms with Gasteiger partial charge in [-0.2, -0.15) is 0 Å². The van der Waals surface area contributed by atoms with E-state index in [0.717, 1.165) is 16.2 Å². The zero-order chi connectivity index (χ0) is 9.97. The molecule has 1 aromatic carbocycles. The van der Waals surface area contributed by atoms with Crippen molar-refractivity contribution in [2.75, 3.05) is 7.11 Å². The molecular weight excluding hydrogens is 196 g/mol. The second kappa shape index (κ2) is 3.72. The largest absolute Gasteiger partial charge is 0.508 e. The Morgan fingerprint density at radius 1 is 1.21 bits per heavy atom. The van der Waals surface area contributed by atoms with E-state index >= 15 is 0 Å². The molecule has 72 valence electrons. The standard InChI is InChI=1S/C11H10O2S/c1-13-10-6-11(14-7-10)8-2-4-9(12)5-3-8/h2-7,12H,1H3. The van der Waals surface area contributed by atoms with Crippen molar-refractivity contribution >= 4 is 11.3 Å². The van der Waals surface area contributed by atoms with Crippen LogP contribution in [0.5, 0.6) is 11.5 Å². The molecule has 2 nitrogen and oxygen atoms in total. The van der Waals surface area contributed by atoms with Gasteiger partial charge in [0.2, 0.25) is 0 Å².